The van der Waals surface area contributed by atoms with Crippen LogP contribution >= 0.6 is 0 Å². The number of hydrogen-bond donors (Lipinski definition) is 2. The molecule has 0 amide bonds. The van der Waals surface area contributed by atoms with Gasteiger partial charge in [-0.2, -0.15) is 0 Å². The summed E-state index contributed by atoms with van der Waals surface area (Å²) in [4.78, 5) is 14.8. The molecule has 2 N–H and O–H groups in total. The van der Waals surface area contributed by atoms with E-state index in [1.54, 1.807) is 0 Å². The lowest BCUT2D eigenvalue weighted by atomic mass is 10.2. The van der Waals surface area contributed by atoms with Gasteiger partial charge >= 0.3 is 0 Å². The van der Waals surface area contributed by atoms with Gasteiger partial charge in [-0.3, -0.25) is 10.1 Å². The molecule has 6 heteroatoms. The van der Waals surface area contributed by atoms with Crippen molar-refractivity contribution in [2.75, 3.05) is 17.2 Å². The second kappa shape index (κ2) is 6.01. The third-order valence-corrected chi connectivity index (χ3v) is 2.79. The van der Waals surface area contributed by atoms with Crippen molar-refractivity contribution in [1.82, 2.24) is 4.98 Å². The van der Waals surface area contributed by atoms with Crippen LogP contribution in [0.2, 0.25) is 0 Å². The fourth-order valence-corrected chi connectivity index (χ4v) is 1.81. The van der Waals surface area contributed by atoms with Crippen LogP contribution in [0.15, 0.2) is 36.4 Å². The van der Waals surface area contributed by atoms with Crippen molar-refractivity contribution in [3.8, 4) is 0 Å². The number of nitro groups is 1. The van der Waals surface area contributed by atoms with Crippen molar-refractivity contribution in [3.63, 3.8) is 0 Å². The number of nitrogens with one attached hydrogen (secondary N) is 2. The molecule has 0 aliphatic heterocycles. The molecular formula is C14H16N4O2. The first-order valence-corrected chi connectivity index (χ1v) is 6.33. The van der Waals surface area contributed by atoms with Crippen LogP contribution in [0.1, 0.15) is 12.5 Å². The Morgan fingerprint density at radius 1 is 1.25 bits per heavy atom. The van der Waals surface area contributed by atoms with E-state index in [-0.39, 0.29) is 5.69 Å². The molecule has 6 nitrogen and oxygen atoms in total. The molecule has 20 heavy (non-hydrogen) atoms. The van der Waals surface area contributed by atoms with E-state index >= 15 is 0 Å². The molecule has 0 aliphatic rings. The number of benzene rings is 1. The summed E-state index contributed by atoms with van der Waals surface area (Å²) in [7, 11) is 0. The van der Waals surface area contributed by atoms with Gasteiger partial charge < -0.3 is 10.6 Å². The van der Waals surface area contributed by atoms with Crippen molar-refractivity contribution in [3.05, 3.63) is 52.1 Å². The number of pyridine rings is 1. The molecule has 2 rings (SSSR count). The average Bonchev–Trinajstić information content (AvgIpc) is 2.41. The Labute approximate surface area is 117 Å². The predicted octanol–water partition coefficient (Wildman–Crippen LogP) is 3.47. The summed E-state index contributed by atoms with van der Waals surface area (Å²) < 4.78 is 0. The van der Waals surface area contributed by atoms with E-state index in [1.165, 1.54) is 12.1 Å². The summed E-state index contributed by atoms with van der Waals surface area (Å²) in [6.07, 6.45) is 0. The first-order chi connectivity index (χ1) is 9.60. The number of nitrogens with zero attached hydrogens (tertiary/aromatic N) is 2. The Morgan fingerprint density at radius 2 is 1.95 bits per heavy atom. The van der Waals surface area contributed by atoms with Crippen molar-refractivity contribution < 1.29 is 4.92 Å². The highest BCUT2D eigenvalue weighted by atomic mass is 16.6. The number of hydrogen-bond acceptors (Lipinski definition) is 5. The molecule has 1 aromatic heterocycles. The molecule has 0 saturated carbocycles. The topological polar surface area (TPSA) is 80.1 Å². The normalized spacial score (nSPS) is 10.1. The molecule has 0 aliphatic carbocycles. The van der Waals surface area contributed by atoms with E-state index in [9.17, 15) is 10.1 Å². The lowest BCUT2D eigenvalue weighted by Crippen LogP contribution is -2.03. The Balaban J connectivity index is 2.35. The lowest BCUT2D eigenvalue weighted by molar-refractivity contribution is -0.384. The van der Waals surface area contributed by atoms with Gasteiger partial charge in [0.15, 0.2) is 0 Å². The molecule has 0 atom stereocenters. The number of aromatic nitrogens is 1. The van der Waals surface area contributed by atoms with Crippen LogP contribution in [0.5, 0.6) is 0 Å². The maximum atomic E-state index is 11.0. The molecule has 0 unspecified atom stereocenters. The highest BCUT2D eigenvalue weighted by molar-refractivity contribution is 5.64. The van der Waals surface area contributed by atoms with Crippen LogP contribution < -0.4 is 10.6 Å². The zero-order valence-electron chi connectivity index (χ0n) is 11.4. The van der Waals surface area contributed by atoms with E-state index in [0.29, 0.717) is 18.2 Å². The third kappa shape index (κ3) is 3.23. The Hall–Kier alpha value is -2.63. The summed E-state index contributed by atoms with van der Waals surface area (Å²) in [5, 5.41) is 17.0. The molecule has 0 spiro atoms. The van der Waals surface area contributed by atoms with E-state index < -0.39 is 4.92 Å². The number of aryl methyl sites for hydroxylation is 1. The van der Waals surface area contributed by atoms with Crippen molar-refractivity contribution in [2.24, 2.45) is 0 Å². The Bertz CT molecular complexity index is 628. The molecule has 1 aromatic carbocycles. The minimum absolute atomic E-state index is 0.00651. The van der Waals surface area contributed by atoms with Gasteiger partial charge in [0, 0.05) is 12.2 Å². The molecular weight excluding hydrogens is 256 g/mol. The van der Waals surface area contributed by atoms with Gasteiger partial charge in [-0.1, -0.05) is 18.2 Å². The van der Waals surface area contributed by atoms with Gasteiger partial charge in [-0.05, 0) is 25.5 Å². The van der Waals surface area contributed by atoms with E-state index in [1.807, 2.05) is 38.1 Å². The molecule has 0 fully saturated rings. The fraction of sp³-hybridized carbons (Fsp3) is 0.214. The van der Waals surface area contributed by atoms with Gasteiger partial charge in [-0.25, -0.2) is 4.98 Å². The van der Waals surface area contributed by atoms with Crippen LogP contribution in [0.4, 0.5) is 23.0 Å². The molecule has 0 bridgehead atoms. The monoisotopic (exact) mass is 272 g/mol. The molecule has 0 radical (unpaired) electrons. The van der Waals surface area contributed by atoms with Gasteiger partial charge in [0.05, 0.1) is 17.1 Å². The maximum absolute atomic E-state index is 11.0. The number of para-hydroxylation sites is 1. The van der Waals surface area contributed by atoms with Crippen molar-refractivity contribution >= 4 is 23.0 Å². The van der Waals surface area contributed by atoms with E-state index in [0.717, 1.165) is 11.3 Å². The zero-order chi connectivity index (χ0) is 14.5. The van der Waals surface area contributed by atoms with Crippen molar-refractivity contribution in [2.45, 2.75) is 13.8 Å². The molecule has 1 heterocycles. The summed E-state index contributed by atoms with van der Waals surface area (Å²) >= 11 is 0. The lowest BCUT2D eigenvalue weighted by Gasteiger charge is -2.10. The van der Waals surface area contributed by atoms with Gasteiger partial charge in [0.25, 0.3) is 5.69 Å². The average molecular weight is 272 g/mol. The summed E-state index contributed by atoms with van der Waals surface area (Å²) in [6, 6.07) is 10.6. The first-order valence-electron chi connectivity index (χ1n) is 6.33. The fourth-order valence-electron chi connectivity index (χ4n) is 1.81. The largest absolute Gasteiger partial charge is 0.370 e. The van der Waals surface area contributed by atoms with Gasteiger partial charge in [-0.15, -0.1) is 0 Å². The van der Waals surface area contributed by atoms with Gasteiger partial charge in [0.2, 0.25) is 0 Å². The summed E-state index contributed by atoms with van der Waals surface area (Å²) in [5.74, 6) is 0.933. The maximum Gasteiger partial charge on any atom is 0.276 e. The third-order valence-electron chi connectivity index (χ3n) is 2.79. The molecule has 104 valence electrons. The SMILES string of the molecule is CCNc1cc([N+](=O)[O-])cc(Nc2ccccc2C)n1. The minimum atomic E-state index is -0.425. The van der Waals surface area contributed by atoms with Crippen LogP contribution in [-0.2, 0) is 0 Å². The number of anilines is 3. The Kier molecular flexibility index (Phi) is 4.14. The second-order valence-electron chi connectivity index (χ2n) is 4.32. The standard InChI is InChI=1S/C14H16N4O2/c1-3-15-13-8-11(18(19)20)9-14(17-13)16-12-7-5-4-6-10(12)2/h4-9H,3H2,1-2H3,(H2,15,16,17). The smallest absolute Gasteiger partial charge is 0.276 e. The first kappa shape index (κ1) is 13.8. The molecule has 0 saturated heterocycles. The van der Waals surface area contributed by atoms with Crippen LogP contribution in [-0.4, -0.2) is 16.5 Å². The van der Waals surface area contributed by atoms with Crippen LogP contribution in [0, 0.1) is 17.0 Å². The van der Waals surface area contributed by atoms with E-state index in [2.05, 4.69) is 15.6 Å². The molecule has 2 aromatic rings. The Morgan fingerprint density at radius 3 is 2.60 bits per heavy atom. The van der Waals surface area contributed by atoms with Crippen molar-refractivity contribution in [1.29, 1.82) is 0 Å². The highest BCUT2D eigenvalue weighted by Gasteiger charge is 2.11. The second-order valence-corrected chi connectivity index (χ2v) is 4.32. The van der Waals surface area contributed by atoms with Crippen LogP contribution in [0.25, 0.3) is 0 Å². The highest BCUT2D eigenvalue weighted by Crippen LogP contribution is 2.24. The van der Waals surface area contributed by atoms with E-state index in [4.69, 9.17) is 0 Å². The summed E-state index contributed by atoms with van der Waals surface area (Å²) in [6.45, 7) is 4.53. The number of rotatable bonds is 5. The van der Waals surface area contributed by atoms with Gasteiger partial charge in [0.1, 0.15) is 11.6 Å². The van der Waals surface area contributed by atoms with Crippen LogP contribution in [0.3, 0.4) is 0 Å². The quantitative estimate of drug-likeness (QED) is 0.643. The minimum Gasteiger partial charge on any atom is -0.370 e. The summed E-state index contributed by atoms with van der Waals surface area (Å²) in [5.41, 5.74) is 1.93. The zero-order valence-corrected chi connectivity index (χ0v) is 11.4. The predicted molar refractivity (Wildman–Crippen MR) is 79.5 cm³/mol.